The molecule has 4 rings (SSSR count). The van der Waals surface area contributed by atoms with E-state index >= 15 is 0 Å². The number of nitrogens with zero attached hydrogens (tertiary/aromatic N) is 5. The number of ether oxygens (including phenoxy) is 3. The van der Waals surface area contributed by atoms with Gasteiger partial charge in [-0.2, -0.15) is 0 Å². The molecule has 3 heterocycles. The van der Waals surface area contributed by atoms with E-state index in [-0.39, 0.29) is 24.1 Å². The van der Waals surface area contributed by atoms with Gasteiger partial charge in [-0.15, -0.1) is 0 Å². The first-order chi connectivity index (χ1) is 22.1. The summed E-state index contributed by atoms with van der Waals surface area (Å²) in [5.74, 6) is 0.775. The zero-order valence-corrected chi connectivity index (χ0v) is 29.8. The summed E-state index contributed by atoms with van der Waals surface area (Å²) in [6, 6.07) is 0.226. The molecule has 2 aromatic heterocycles. The Morgan fingerprint density at radius 1 is 1.04 bits per heavy atom. The molecular weight excluding hydrogens is 596 g/mol. The average molecular weight is 653 g/mol. The lowest BCUT2D eigenvalue weighted by molar-refractivity contribution is 0.0186. The molecule has 1 saturated carbocycles. The number of carbonyl (C=O) groups is 2. The molecule has 1 aliphatic heterocycles. The van der Waals surface area contributed by atoms with Gasteiger partial charge in [0.25, 0.3) is 0 Å². The van der Waals surface area contributed by atoms with E-state index < -0.39 is 11.2 Å². The van der Waals surface area contributed by atoms with Crippen molar-refractivity contribution in [3.63, 3.8) is 0 Å². The summed E-state index contributed by atoms with van der Waals surface area (Å²) in [6.07, 6.45) is 12.3. The third-order valence-electron chi connectivity index (χ3n) is 8.76. The molecule has 0 spiro atoms. The highest BCUT2D eigenvalue weighted by molar-refractivity contribution is 5.97. The number of carbonyl (C=O) groups excluding carboxylic acids is 2. The summed E-state index contributed by atoms with van der Waals surface area (Å²) in [7, 11) is 0. The maximum absolute atomic E-state index is 13.5. The molecule has 2 atom stereocenters. The monoisotopic (exact) mass is 652 g/mol. The van der Waals surface area contributed by atoms with Crippen LogP contribution in [0, 0.1) is 5.92 Å². The molecule has 0 saturated heterocycles. The molecule has 1 aliphatic carbocycles. The maximum Gasteiger partial charge on any atom is 0.410 e. The fourth-order valence-corrected chi connectivity index (χ4v) is 6.29. The first-order valence-electron chi connectivity index (χ1n) is 17.1. The topological polar surface area (TPSA) is 125 Å². The van der Waals surface area contributed by atoms with Gasteiger partial charge in [0, 0.05) is 44.0 Å². The summed E-state index contributed by atoms with van der Waals surface area (Å²) in [4.78, 5) is 39.1. The number of hydrogen-bond acceptors (Lipinski definition) is 8. The number of amides is 2. The second kappa shape index (κ2) is 15.5. The van der Waals surface area contributed by atoms with Crippen LogP contribution in [0.25, 0.3) is 16.6 Å². The predicted molar refractivity (Wildman–Crippen MR) is 186 cm³/mol. The van der Waals surface area contributed by atoms with Crippen molar-refractivity contribution in [3.05, 3.63) is 35.8 Å². The Morgan fingerprint density at radius 3 is 2.36 bits per heavy atom. The van der Waals surface area contributed by atoms with Crippen LogP contribution < -0.4 is 5.73 Å². The number of nitrogens with two attached hydrogens (primary N) is 1. The van der Waals surface area contributed by atoms with E-state index in [2.05, 4.69) is 39.8 Å². The Hall–Kier alpha value is -3.60. The number of nitrogen functional groups attached to an aromatic ring is 1. The molecule has 0 aromatic carbocycles. The van der Waals surface area contributed by atoms with Crippen LogP contribution in [0.4, 0.5) is 15.4 Å². The van der Waals surface area contributed by atoms with Gasteiger partial charge in [0.05, 0.1) is 18.6 Å². The first-order valence-corrected chi connectivity index (χ1v) is 17.1. The van der Waals surface area contributed by atoms with Gasteiger partial charge in [0.15, 0.2) is 0 Å². The van der Waals surface area contributed by atoms with Gasteiger partial charge in [-0.05, 0) is 105 Å². The van der Waals surface area contributed by atoms with Gasteiger partial charge in [0.1, 0.15) is 29.0 Å². The van der Waals surface area contributed by atoms with E-state index in [4.69, 9.17) is 19.9 Å². The minimum absolute atomic E-state index is 0.226. The molecule has 2 unspecified atom stereocenters. The number of aromatic nitrogens is 3. The lowest BCUT2D eigenvalue weighted by Crippen LogP contribution is -2.42. The third-order valence-corrected chi connectivity index (χ3v) is 8.76. The number of hydrogen-bond donors (Lipinski definition) is 1. The summed E-state index contributed by atoms with van der Waals surface area (Å²) in [5, 5.41) is 0.902. The Kier molecular flexibility index (Phi) is 12.0. The van der Waals surface area contributed by atoms with Crippen LogP contribution in [0.2, 0.25) is 0 Å². The summed E-state index contributed by atoms with van der Waals surface area (Å²) in [5.41, 5.74) is 9.56. The van der Waals surface area contributed by atoms with E-state index in [1.54, 1.807) is 4.90 Å². The smallest absolute Gasteiger partial charge is 0.410 e. The van der Waals surface area contributed by atoms with E-state index in [0.29, 0.717) is 51.6 Å². The highest BCUT2D eigenvalue weighted by Gasteiger charge is 2.33. The van der Waals surface area contributed by atoms with Crippen LogP contribution in [-0.4, -0.2) is 87.1 Å². The van der Waals surface area contributed by atoms with Crippen molar-refractivity contribution < 1.29 is 23.8 Å². The molecule has 11 nitrogen and oxygen atoms in total. The quantitative estimate of drug-likeness (QED) is 0.249. The zero-order chi connectivity index (χ0) is 34.4. The van der Waals surface area contributed by atoms with Crippen molar-refractivity contribution in [2.75, 3.05) is 45.1 Å². The molecule has 1 fully saturated rings. The summed E-state index contributed by atoms with van der Waals surface area (Å²) >= 11 is 0. The fourth-order valence-electron chi connectivity index (χ4n) is 6.29. The Labute approximate surface area is 280 Å². The summed E-state index contributed by atoms with van der Waals surface area (Å²) in [6.45, 7) is 18.7. The molecule has 11 heteroatoms. The van der Waals surface area contributed by atoms with Crippen molar-refractivity contribution in [1.82, 2.24) is 24.3 Å². The van der Waals surface area contributed by atoms with Gasteiger partial charge < -0.3 is 34.3 Å². The number of fused-ring (bicyclic) bond motifs is 1. The molecule has 2 aromatic rings. The van der Waals surface area contributed by atoms with Gasteiger partial charge in [-0.1, -0.05) is 17.7 Å². The Bertz CT molecular complexity index is 1450. The van der Waals surface area contributed by atoms with Gasteiger partial charge in [-0.3, -0.25) is 0 Å². The molecule has 47 heavy (non-hydrogen) atoms. The van der Waals surface area contributed by atoms with Gasteiger partial charge in [-0.25, -0.2) is 19.6 Å². The van der Waals surface area contributed by atoms with Crippen molar-refractivity contribution in [2.45, 2.75) is 111 Å². The van der Waals surface area contributed by atoms with E-state index in [1.165, 1.54) is 17.5 Å². The zero-order valence-electron chi connectivity index (χ0n) is 29.8. The normalized spacial score (nSPS) is 19.1. The standard InChI is InChI=1S/C36H56N6O5/c1-9-25(2)13-18-40(33(43)46-35(3,4)5)16-10-17-41(34(44)47-36(6,7)8)22-26-11-12-28(21-26)42-23-29(27-14-19-45-20-15-27)30-31(37)38-24-39-32(30)42/h9,14,23-24,26,28H,10-13,15-22H2,1-8H3,(H2,37,38,39)/b25-9+. The van der Waals surface area contributed by atoms with Gasteiger partial charge in [0.2, 0.25) is 0 Å². The number of rotatable bonds is 11. The molecule has 2 N–H and O–H groups in total. The van der Waals surface area contributed by atoms with E-state index in [1.807, 2.05) is 53.4 Å². The van der Waals surface area contributed by atoms with Crippen LogP contribution >= 0.6 is 0 Å². The molecule has 0 radical (unpaired) electrons. The van der Waals surface area contributed by atoms with Gasteiger partial charge >= 0.3 is 12.2 Å². The minimum Gasteiger partial charge on any atom is -0.444 e. The lowest BCUT2D eigenvalue weighted by Gasteiger charge is -2.31. The Balaban J connectivity index is 1.47. The van der Waals surface area contributed by atoms with E-state index in [9.17, 15) is 9.59 Å². The molecule has 0 bridgehead atoms. The molecule has 2 aliphatic rings. The lowest BCUT2D eigenvalue weighted by atomic mass is 10.0. The van der Waals surface area contributed by atoms with Crippen LogP contribution in [0.3, 0.4) is 0 Å². The van der Waals surface area contributed by atoms with E-state index in [0.717, 1.165) is 48.7 Å². The third kappa shape index (κ3) is 10.2. The maximum atomic E-state index is 13.5. The van der Waals surface area contributed by atoms with Crippen LogP contribution in [0.15, 0.2) is 30.2 Å². The largest absolute Gasteiger partial charge is 0.444 e. The van der Waals surface area contributed by atoms with Crippen molar-refractivity contribution in [2.24, 2.45) is 5.92 Å². The fraction of sp³-hybridized carbons (Fsp3) is 0.667. The predicted octanol–water partition coefficient (Wildman–Crippen LogP) is 7.38. The van der Waals surface area contributed by atoms with Crippen molar-refractivity contribution in [3.8, 4) is 0 Å². The highest BCUT2D eigenvalue weighted by atomic mass is 16.6. The van der Waals surface area contributed by atoms with Crippen LogP contribution in [-0.2, 0) is 14.2 Å². The second-order valence-electron chi connectivity index (χ2n) is 14.9. The van der Waals surface area contributed by atoms with Crippen molar-refractivity contribution >= 4 is 34.6 Å². The first kappa shape index (κ1) is 36.2. The molecule has 2 amide bonds. The van der Waals surface area contributed by atoms with Crippen LogP contribution in [0.5, 0.6) is 0 Å². The molecular formula is C36H56N6O5. The SMILES string of the molecule is C/C=C(\C)CCN(CCCN(CC1CCC(n2cc(C3=CCOCC3)c3c(N)ncnc32)C1)C(=O)OC(C)(C)C)C(=O)OC(C)(C)C. The Morgan fingerprint density at radius 2 is 1.72 bits per heavy atom. The minimum atomic E-state index is -0.612. The number of anilines is 1. The number of allylic oxidation sites excluding steroid dienone is 1. The van der Waals surface area contributed by atoms with Crippen molar-refractivity contribution in [1.29, 1.82) is 0 Å². The van der Waals surface area contributed by atoms with Crippen LogP contribution in [0.1, 0.15) is 106 Å². The average Bonchev–Trinajstić information content (AvgIpc) is 3.62. The summed E-state index contributed by atoms with van der Waals surface area (Å²) < 4.78 is 19.4. The second-order valence-corrected chi connectivity index (χ2v) is 14.9. The molecule has 260 valence electrons. The highest BCUT2D eigenvalue weighted by Crippen LogP contribution is 2.40.